The normalized spacial score (nSPS) is 13.0. The average molecular weight is 314 g/mol. The second-order valence-corrected chi connectivity index (χ2v) is 6.79. The Bertz CT molecular complexity index is 483. The zero-order chi connectivity index (χ0) is 12.6. The summed E-state index contributed by atoms with van der Waals surface area (Å²) >= 11 is 5.31. The van der Waals surface area contributed by atoms with Crippen molar-refractivity contribution < 1.29 is 4.42 Å². The van der Waals surface area contributed by atoms with Crippen LogP contribution >= 0.6 is 27.3 Å². The fourth-order valence-corrected chi connectivity index (χ4v) is 3.91. The highest BCUT2D eigenvalue weighted by molar-refractivity contribution is 9.11. The maximum atomic E-state index is 5.62. The first kappa shape index (κ1) is 12.9. The summed E-state index contributed by atoms with van der Waals surface area (Å²) in [5.41, 5.74) is 2.53. The van der Waals surface area contributed by atoms with E-state index >= 15 is 0 Å². The van der Waals surface area contributed by atoms with Crippen LogP contribution in [-0.4, -0.2) is 7.05 Å². The van der Waals surface area contributed by atoms with Crippen LogP contribution in [0.15, 0.2) is 20.3 Å². The number of furan rings is 1. The van der Waals surface area contributed by atoms with Crippen molar-refractivity contribution in [1.82, 2.24) is 5.32 Å². The lowest BCUT2D eigenvalue weighted by Gasteiger charge is -2.15. The lowest BCUT2D eigenvalue weighted by atomic mass is 10.00. The SMILES string of the molecule is CNC(c1cc(C)oc1C)c1cc(Br)sc1C. The minimum atomic E-state index is 0.204. The summed E-state index contributed by atoms with van der Waals surface area (Å²) in [5, 5.41) is 3.37. The molecule has 17 heavy (non-hydrogen) atoms. The van der Waals surface area contributed by atoms with Gasteiger partial charge in [0.15, 0.2) is 0 Å². The lowest BCUT2D eigenvalue weighted by molar-refractivity contribution is 0.497. The second-order valence-electron chi connectivity index (χ2n) is 4.15. The summed E-state index contributed by atoms with van der Waals surface area (Å²) in [6, 6.07) is 4.50. The van der Waals surface area contributed by atoms with E-state index in [0.29, 0.717) is 0 Å². The summed E-state index contributed by atoms with van der Waals surface area (Å²) < 4.78 is 6.79. The van der Waals surface area contributed by atoms with E-state index in [1.807, 2.05) is 20.9 Å². The van der Waals surface area contributed by atoms with Gasteiger partial charge in [-0.25, -0.2) is 0 Å². The Morgan fingerprint density at radius 1 is 1.24 bits per heavy atom. The maximum Gasteiger partial charge on any atom is 0.106 e. The minimum absolute atomic E-state index is 0.204. The van der Waals surface area contributed by atoms with Gasteiger partial charge in [0.2, 0.25) is 0 Å². The van der Waals surface area contributed by atoms with Gasteiger partial charge >= 0.3 is 0 Å². The van der Waals surface area contributed by atoms with Gasteiger partial charge in [0.05, 0.1) is 9.83 Å². The molecule has 1 atom stereocenters. The molecule has 0 amide bonds. The highest BCUT2D eigenvalue weighted by Crippen LogP contribution is 2.35. The van der Waals surface area contributed by atoms with Crippen molar-refractivity contribution in [2.45, 2.75) is 26.8 Å². The van der Waals surface area contributed by atoms with Crippen molar-refractivity contribution in [3.63, 3.8) is 0 Å². The van der Waals surface area contributed by atoms with Gasteiger partial charge in [0, 0.05) is 10.4 Å². The molecule has 92 valence electrons. The summed E-state index contributed by atoms with van der Waals surface area (Å²) in [7, 11) is 1.98. The van der Waals surface area contributed by atoms with Gasteiger partial charge in [0.25, 0.3) is 0 Å². The third-order valence-electron chi connectivity index (χ3n) is 2.92. The molecule has 2 heterocycles. The number of halogens is 1. The van der Waals surface area contributed by atoms with Crippen LogP contribution in [0.4, 0.5) is 0 Å². The van der Waals surface area contributed by atoms with Gasteiger partial charge in [-0.05, 0) is 61.4 Å². The first-order valence-electron chi connectivity index (χ1n) is 5.53. The third kappa shape index (κ3) is 2.49. The zero-order valence-corrected chi connectivity index (χ0v) is 12.8. The van der Waals surface area contributed by atoms with Crippen LogP contribution < -0.4 is 5.32 Å². The summed E-state index contributed by atoms with van der Waals surface area (Å²) in [5.74, 6) is 1.95. The molecule has 4 heteroatoms. The molecule has 0 saturated carbocycles. The highest BCUT2D eigenvalue weighted by atomic mass is 79.9. The van der Waals surface area contributed by atoms with Crippen LogP contribution in [0, 0.1) is 20.8 Å². The van der Waals surface area contributed by atoms with E-state index in [0.717, 1.165) is 11.5 Å². The largest absolute Gasteiger partial charge is 0.466 e. The Balaban J connectivity index is 2.47. The van der Waals surface area contributed by atoms with Gasteiger partial charge in [-0.1, -0.05) is 0 Å². The molecule has 2 nitrogen and oxygen atoms in total. The van der Waals surface area contributed by atoms with Crippen molar-refractivity contribution in [3.05, 3.63) is 43.4 Å². The van der Waals surface area contributed by atoms with Gasteiger partial charge in [-0.15, -0.1) is 11.3 Å². The Labute approximate surface area is 114 Å². The van der Waals surface area contributed by atoms with E-state index in [1.54, 1.807) is 11.3 Å². The first-order valence-corrected chi connectivity index (χ1v) is 7.14. The molecule has 2 aromatic rings. The molecule has 0 fully saturated rings. The number of thiophene rings is 1. The monoisotopic (exact) mass is 313 g/mol. The van der Waals surface area contributed by atoms with E-state index in [9.17, 15) is 0 Å². The van der Waals surface area contributed by atoms with Crippen molar-refractivity contribution in [3.8, 4) is 0 Å². The first-order chi connectivity index (χ1) is 8.02. The molecule has 1 N–H and O–H groups in total. The van der Waals surface area contributed by atoms with Crippen molar-refractivity contribution in [1.29, 1.82) is 0 Å². The molecule has 0 spiro atoms. The predicted octanol–water partition coefficient (Wildman–Crippen LogP) is 4.34. The fourth-order valence-electron chi connectivity index (χ4n) is 2.16. The highest BCUT2D eigenvalue weighted by Gasteiger charge is 2.20. The van der Waals surface area contributed by atoms with Crippen LogP contribution in [0.5, 0.6) is 0 Å². The van der Waals surface area contributed by atoms with Gasteiger partial charge in [-0.2, -0.15) is 0 Å². The molecule has 0 saturated heterocycles. The molecule has 2 rings (SSSR count). The van der Waals surface area contributed by atoms with Crippen molar-refractivity contribution >= 4 is 27.3 Å². The second kappa shape index (κ2) is 4.96. The minimum Gasteiger partial charge on any atom is -0.466 e. The Morgan fingerprint density at radius 2 is 1.94 bits per heavy atom. The fraction of sp³-hybridized carbons (Fsp3) is 0.385. The van der Waals surface area contributed by atoms with E-state index in [-0.39, 0.29) is 6.04 Å². The maximum absolute atomic E-state index is 5.62. The molecule has 0 aromatic carbocycles. The standard InChI is InChI=1S/C13H16BrNOS/c1-7-5-10(8(2)16-7)13(15-4)11-6-12(14)17-9(11)3/h5-6,13,15H,1-4H3. The van der Waals surface area contributed by atoms with Crippen LogP contribution in [0.3, 0.4) is 0 Å². The number of aryl methyl sites for hydroxylation is 3. The molecule has 2 aromatic heterocycles. The molecule has 0 aliphatic carbocycles. The van der Waals surface area contributed by atoms with Crippen LogP contribution in [0.1, 0.15) is 33.6 Å². The van der Waals surface area contributed by atoms with E-state index < -0.39 is 0 Å². The molecular formula is C13H16BrNOS. The van der Waals surface area contributed by atoms with Crippen molar-refractivity contribution in [2.75, 3.05) is 7.05 Å². The molecular weight excluding hydrogens is 298 g/mol. The van der Waals surface area contributed by atoms with Gasteiger partial charge < -0.3 is 9.73 Å². The van der Waals surface area contributed by atoms with Crippen LogP contribution in [0.25, 0.3) is 0 Å². The third-order valence-corrected chi connectivity index (χ3v) is 4.49. The van der Waals surface area contributed by atoms with Gasteiger partial charge in [0.1, 0.15) is 11.5 Å². The Kier molecular flexibility index (Phi) is 3.76. The zero-order valence-electron chi connectivity index (χ0n) is 10.4. The number of nitrogens with one attached hydrogen (secondary N) is 1. The van der Waals surface area contributed by atoms with E-state index in [2.05, 4.69) is 40.3 Å². The molecule has 0 aliphatic heterocycles. The van der Waals surface area contributed by atoms with Crippen LogP contribution in [0.2, 0.25) is 0 Å². The Morgan fingerprint density at radius 3 is 2.35 bits per heavy atom. The number of hydrogen-bond acceptors (Lipinski definition) is 3. The summed E-state index contributed by atoms with van der Waals surface area (Å²) in [6.45, 7) is 6.15. The molecule has 0 aliphatic rings. The van der Waals surface area contributed by atoms with Crippen LogP contribution in [-0.2, 0) is 0 Å². The molecule has 0 bridgehead atoms. The molecule has 0 radical (unpaired) electrons. The quantitative estimate of drug-likeness (QED) is 0.912. The van der Waals surface area contributed by atoms with Crippen molar-refractivity contribution in [2.24, 2.45) is 0 Å². The van der Waals surface area contributed by atoms with E-state index in [1.165, 1.54) is 19.8 Å². The van der Waals surface area contributed by atoms with Gasteiger partial charge in [-0.3, -0.25) is 0 Å². The lowest BCUT2D eigenvalue weighted by Crippen LogP contribution is -2.18. The average Bonchev–Trinajstić information content (AvgIpc) is 2.73. The number of rotatable bonds is 3. The summed E-state index contributed by atoms with van der Waals surface area (Å²) in [6.07, 6.45) is 0. The van der Waals surface area contributed by atoms with E-state index in [4.69, 9.17) is 4.42 Å². The smallest absolute Gasteiger partial charge is 0.106 e. The predicted molar refractivity (Wildman–Crippen MR) is 75.8 cm³/mol. The molecule has 1 unspecified atom stereocenters. The Hall–Kier alpha value is -0.580. The number of hydrogen-bond donors (Lipinski definition) is 1. The topological polar surface area (TPSA) is 25.2 Å². The summed E-state index contributed by atoms with van der Waals surface area (Å²) in [4.78, 5) is 1.33.